The number of carbonyl (C=O) groups is 1. The molecule has 0 spiro atoms. The van der Waals surface area contributed by atoms with Crippen molar-refractivity contribution < 1.29 is 9.53 Å². The van der Waals surface area contributed by atoms with Gasteiger partial charge in [0.2, 0.25) is 0 Å². The Morgan fingerprint density at radius 1 is 1.10 bits per heavy atom. The van der Waals surface area contributed by atoms with Gasteiger partial charge in [0.25, 0.3) is 5.91 Å². The minimum atomic E-state index is -0.213. The number of aryl methyl sites for hydroxylation is 2. The summed E-state index contributed by atoms with van der Waals surface area (Å²) in [5.41, 5.74) is 4.70. The smallest absolute Gasteiger partial charge is 0.262 e. The van der Waals surface area contributed by atoms with Gasteiger partial charge in [0.1, 0.15) is 10.8 Å². The van der Waals surface area contributed by atoms with Crippen molar-refractivity contribution in [3.8, 4) is 16.3 Å². The van der Waals surface area contributed by atoms with Crippen molar-refractivity contribution in [3.05, 3.63) is 76.3 Å². The fourth-order valence-corrected chi connectivity index (χ4v) is 4.44. The van der Waals surface area contributed by atoms with Crippen molar-refractivity contribution in [1.29, 1.82) is 0 Å². The van der Waals surface area contributed by atoms with E-state index < -0.39 is 0 Å². The van der Waals surface area contributed by atoms with Crippen LogP contribution in [0.25, 0.3) is 20.8 Å². The van der Waals surface area contributed by atoms with Gasteiger partial charge in [-0.2, -0.15) is 0 Å². The number of hydrogen-bond acceptors (Lipinski definition) is 4. The van der Waals surface area contributed by atoms with Gasteiger partial charge >= 0.3 is 0 Å². The Balaban J connectivity index is 1.54. The van der Waals surface area contributed by atoms with Gasteiger partial charge in [-0.1, -0.05) is 45.8 Å². The normalized spacial score (nSPS) is 10.9. The minimum absolute atomic E-state index is 0.0563. The van der Waals surface area contributed by atoms with E-state index in [0.717, 1.165) is 36.4 Å². The van der Waals surface area contributed by atoms with Crippen molar-refractivity contribution in [2.45, 2.75) is 13.8 Å². The number of fused-ring (bicyclic) bond motifs is 1. The number of carbonyl (C=O) groups excluding carboxylic acids is 1. The molecule has 29 heavy (non-hydrogen) atoms. The van der Waals surface area contributed by atoms with Gasteiger partial charge in [0.05, 0.1) is 15.9 Å². The zero-order valence-electron chi connectivity index (χ0n) is 16.0. The number of aromatic nitrogens is 1. The molecule has 0 unspecified atom stereocenters. The van der Waals surface area contributed by atoms with Gasteiger partial charge in [-0.15, -0.1) is 11.3 Å². The first kappa shape index (κ1) is 19.6. The third-order valence-corrected chi connectivity index (χ3v) is 6.03. The number of anilines is 1. The Morgan fingerprint density at radius 3 is 2.72 bits per heavy atom. The van der Waals surface area contributed by atoms with Crippen LogP contribution in [-0.4, -0.2) is 17.5 Å². The molecule has 1 aromatic heterocycles. The standard InChI is InChI=1S/C23H19BrN2O2S/c1-14-7-10-20(15(2)11-14)28-13-22(27)25-18-9-8-16(24)12-17(18)23-26-19-5-3-4-6-21(19)29-23/h3-12H,13H2,1-2H3,(H,25,27). The predicted molar refractivity (Wildman–Crippen MR) is 123 cm³/mol. The summed E-state index contributed by atoms with van der Waals surface area (Å²) in [6.07, 6.45) is 0. The maximum atomic E-state index is 12.5. The number of ether oxygens (including phenoxy) is 1. The molecule has 4 aromatic rings. The van der Waals surface area contributed by atoms with Gasteiger partial charge in [0.15, 0.2) is 6.61 Å². The van der Waals surface area contributed by atoms with Gasteiger partial charge in [-0.25, -0.2) is 4.98 Å². The molecule has 0 fully saturated rings. The Morgan fingerprint density at radius 2 is 1.93 bits per heavy atom. The maximum absolute atomic E-state index is 12.5. The molecule has 1 N–H and O–H groups in total. The lowest BCUT2D eigenvalue weighted by molar-refractivity contribution is -0.118. The zero-order chi connectivity index (χ0) is 20.4. The molecule has 0 saturated heterocycles. The highest BCUT2D eigenvalue weighted by Crippen LogP contribution is 2.36. The lowest BCUT2D eigenvalue weighted by Crippen LogP contribution is -2.20. The number of benzene rings is 3. The Bertz CT molecular complexity index is 1170. The molecule has 146 valence electrons. The molecule has 3 aromatic carbocycles. The van der Waals surface area contributed by atoms with E-state index in [9.17, 15) is 4.79 Å². The summed E-state index contributed by atoms with van der Waals surface area (Å²) in [6, 6.07) is 19.7. The molecule has 0 aliphatic heterocycles. The number of hydrogen-bond donors (Lipinski definition) is 1. The monoisotopic (exact) mass is 466 g/mol. The molecule has 1 heterocycles. The lowest BCUT2D eigenvalue weighted by Gasteiger charge is -2.12. The molecule has 0 atom stereocenters. The van der Waals surface area contributed by atoms with Crippen molar-refractivity contribution in [1.82, 2.24) is 4.98 Å². The van der Waals surface area contributed by atoms with E-state index in [4.69, 9.17) is 9.72 Å². The van der Waals surface area contributed by atoms with E-state index in [-0.39, 0.29) is 12.5 Å². The number of amides is 1. The number of para-hydroxylation sites is 1. The second-order valence-corrected chi connectivity index (χ2v) is 8.73. The molecule has 0 saturated carbocycles. The van der Waals surface area contributed by atoms with Crippen LogP contribution in [0.1, 0.15) is 11.1 Å². The molecular weight excluding hydrogens is 448 g/mol. The quantitative estimate of drug-likeness (QED) is 0.372. The fraction of sp³-hybridized carbons (Fsp3) is 0.130. The summed E-state index contributed by atoms with van der Waals surface area (Å²) < 4.78 is 7.75. The summed E-state index contributed by atoms with van der Waals surface area (Å²) in [7, 11) is 0. The molecule has 1 amide bonds. The number of halogens is 1. The first-order valence-corrected chi connectivity index (χ1v) is 10.8. The van der Waals surface area contributed by atoms with Crippen LogP contribution >= 0.6 is 27.3 Å². The van der Waals surface area contributed by atoms with Crippen LogP contribution in [0, 0.1) is 13.8 Å². The minimum Gasteiger partial charge on any atom is -0.483 e. The predicted octanol–water partition coefficient (Wildman–Crippen LogP) is 6.36. The van der Waals surface area contributed by atoms with Crippen molar-refractivity contribution in [3.63, 3.8) is 0 Å². The number of thiazole rings is 1. The highest BCUT2D eigenvalue weighted by Gasteiger charge is 2.14. The fourth-order valence-electron chi connectivity index (χ4n) is 3.08. The SMILES string of the molecule is Cc1ccc(OCC(=O)Nc2ccc(Br)cc2-c2nc3ccccc3s2)c(C)c1. The Labute approximate surface area is 181 Å². The van der Waals surface area contributed by atoms with Crippen molar-refractivity contribution >= 4 is 49.1 Å². The number of nitrogens with one attached hydrogen (secondary N) is 1. The maximum Gasteiger partial charge on any atom is 0.262 e. The van der Waals surface area contributed by atoms with Crippen LogP contribution in [0.3, 0.4) is 0 Å². The lowest BCUT2D eigenvalue weighted by atomic mass is 10.1. The topological polar surface area (TPSA) is 51.2 Å². The van der Waals surface area contributed by atoms with Gasteiger partial charge in [-0.05, 0) is 55.8 Å². The largest absolute Gasteiger partial charge is 0.483 e. The third-order valence-electron chi connectivity index (χ3n) is 4.47. The molecule has 0 aliphatic carbocycles. The van der Waals surface area contributed by atoms with E-state index in [2.05, 4.69) is 21.2 Å². The molecule has 0 bridgehead atoms. The van der Waals surface area contributed by atoms with Gasteiger partial charge in [-0.3, -0.25) is 4.79 Å². The molecule has 0 aliphatic rings. The summed E-state index contributed by atoms with van der Waals surface area (Å²) in [4.78, 5) is 17.3. The zero-order valence-corrected chi connectivity index (χ0v) is 18.4. The first-order chi connectivity index (χ1) is 14.0. The molecule has 4 rings (SSSR count). The first-order valence-electron chi connectivity index (χ1n) is 9.15. The summed E-state index contributed by atoms with van der Waals surface area (Å²) in [6.45, 7) is 3.94. The molecule has 6 heteroatoms. The average molecular weight is 467 g/mol. The molecule has 4 nitrogen and oxygen atoms in total. The van der Waals surface area contributed by atoms with E-state index in [1.807, 2.05) is 74.5 Å². The van der Waals surface area contributed by atoms with E-state index in [0.29, 0.717) is 11.4 Å². The van der Waals surface area contributed by atoms with Crippen LogP contribution in [0.15, 0.2) is 65.1 Å². The molecular formula is C23H19BrN2O2S. The van der Waals surface area contributed by atoms with E-state index >= 15 is 0 Å². The Kier molecular flexibility index (Phi) is 5.65. The van der Waals surface area contributed by atoms with Gasteiger partial charge in [0, 0.05) is 10.0 Å². The highest BCUT2D eigenvalue weighted by atomic mass is 79.9. The summed E-state index contributed by atoms with van der Waals surface area (Å²) in [5, 5.41) is 3.82. The van der Waals surface area contributed by atoms with Gasteiger partial charge < -0.3 is 10.1 Å². The average Bonchev–Trinajstić information content (AvgIpc) is 3.13. The van der Waals surface area contributed by atoms with E-state index in [1.54, 1.807) is 11.3 Å². The van der Waals surface area contributed by atoms with E-state index in [1.165, 1.54) is 0 Å². The summed E-state index contributed by atoms with van der Waals surface area (Å²) >= 11 is 5.12. The van der Waals surface area contributed by atoms with Crippen molar-refractivity contribution in [2.24, 2.45) is 0 Å². The second-order valence-electron chi connectivity index (χ2n) is 6.78. The van der Waals surface area contributed by atoms with Crippen LogP contribution in [0.4, 0.5) is 5.69 Å². The van der Waals surface area contributed by atoms with Crippen molar-refractivity contribution in [2.75, 3.05) is 11.9 Å². The van der Waals surface area contributed by atoms with Crippen LogP contribution < -0.4 is 10.1 Å². The Hall–Kier alpha value is -2.70. The van der Waals surface area contributed by atoms with Crippen LogP contribution in [-0.2, 0) is 4.79 Å². The van der Waals surface area contributed by atoms with Crippen LogP contribution in [0.5, 0.6) is 5.75 Å². The summed E-state index contributed by atoms with van der Waals surface area (Å²) in [5.74, 6) is 0.502. The van der Waals surface area contributed by atoms with Crippen LogP contribution in [0.2, 0.25) is 0 Å². The number of rotatable bonds is 5. The number of nitrogens with zero attached hydrogens (tertiary/aromatic N) is 1. The second kappa shape index (κ2) is 8.35. The third kappa shape index (κ3) is 4.49. The highest BCUT2D eigenvalue weighted by molar-refractivity contribution is 9.10. The molecule has 0 radical (unpaired) electrons.